The topological polar surface area (TPSA) is 39.2 Å². The van der Waals surface area contributed by atoms with Crippen LogP contribution in [-0.4, -0.2) is 17.6 Å². The molecule has 27 heavy (non-hydrogen) atoms. The molecule has 4 rings (SSSR count). The van der Waals surface area contributed by atoms with Crippen LogP contribution in [0.15, 0.2) is 84.9 Å². The van der Waals surface area contributed by atoms with Crippen LogP contribution in [0, 0.1) is 0 Å². The zero-order valence-corrected chi connectivity index (χ0v) is 15.1. The van der Waals surface area contributed by atoms with E-state index in [9.17, 15) is 4.79 Å². The van der Waals surface area contributed by atoms with Crippen molar-refractivity contribution in [2.75, 3.05) is 6.61 Å². The van der Waals surface area contributed by atoms with E-state index < -0.39 is 0 Å². The standard InChI is InChI=1S/C24H19NO2/c1-2-27-24(26)21-16-23(25-22-11-7-6-10-20(21)22)19-14-12-18(13-15-19)17-8-4-3-5-9-17/h3-16H,2H2,1H3. The second-order valence-corrected chi connectivity index (χ2v) is 6.24. The van der Waals surface area contributed by atoms with Gasteiger partial charge in [0.1, 0.15) is 0 Å². The molecule has 1 heterocycles. The van der Waals surface area contributed by atoms with Gasteiger partial charge in [0.05, 0.1) is 23.4 Å². The van der Waals surface area contributed by atoms with Crippen molar-refractivity contribution in [3.05, 3.63) is 90.5 Å². The summed E-state index contributed by atoms with van der Waals surface area (Å²) < 4.78 is 5.24. The summed E-state index contributed by atoms with van der Waals surface area (Å²) in [5.74, 6) is -0.321. The monoisotopic (exact) mass is 353 g/mol. The summed E-state index contributed by atoms with van der Waals surface area (Å²) in [4.78, 5) is 17.2. The van der Waals surface area contributed by atoms with E-state index in [2.05, 4.69) is 24.3 Å². The molecule has 0 saturated heterocycles. The molecule has 0 saturated carbocycles. The molecule has 0 unspecified atom stereocenters. The summed E-state index contributed by atoms with van der Waals surface area (Å²) >= 11 is 0. The first-order valence-corrected chi connectivity index (χ1v) is 8.99. The minimum atomic E-state index is -0.321. The van der Waals surface area contributed by atoms with Gasteiger partial charge < -0.3 is 4.74 Å². The van der Waals surface area contributed by atoms with Crippen LogP contribution in [0.3, 0.4) is 0 Å². The second-order valence-electron chi connectivity index (χ2n) is 6.24. The number of nitrogens with zero attached hydrogens (tertiary/aromatic N) is 1. The number of pyridine rings is 1. The normalized spacial score (nSPS) is 10.7. The van der Waals surface area contributed by atoms with Crippen LogP contribution in [0.25, 0.3) is 33.3 Å². The summed E-state index contributed by atoms with van der Waals surface area (Å²) in [5.41, 5.74) is 5.37. The first-order chi connectivity index (χ1) is 13.3. The van der Waals surface area contributed by atoms with Gasteiger partial charge in [-0.05, 0) is 30.2 Å². The molecule has 1 aromatic heterocycles. The lowest BCUT2D eigenvalue weighted by Crippen LogP contribution is -2.06. The fourth-order valence-electron chi connectivity index (χ4n) is 3.17. The lowest BCUT2D eigenvalue weighted by atomic mass is 10.0. The van der Waals surface area contributed by atoms with E-state index >= 15 is 0 Å². The van der Waals surface area contributed by atoms with Gasteiger partial charge in [0.25, 0.3) is 0 Å². The average Bonchev–Trinajstić information content (AvgIpc) is 2.74. The van der Waals surface area contributed by atoms with Crippen molar-refractivity contribution in [1.82, 2.24) is 4.98 Å². The van der Waals surface area contributed by atoms with E-state index in [-0.39, 0.29) is 5.97 Å². The predicted octanol–water partition coefficient (Wildman–Crippen LogP) is 5.75. The van der Waals surface area contributed by atoms with Gasteiger partial charge >= 0.3 is 5.97 Å². The SMILES string of the molecule is CCOC(=O)c1cc(-c2ccc(-c3ccccc3)cc2)nc2ccccc12. The van der Waals surface area contributed by atoms with Crippen LogP contribution < -0.4 is 0 Å². The van der Waals surface area contributed by atoms with Gasteiger partial charge in [-0.25, -0.2) is 9.78 Å². The number of hydrogen-bond donors (Lipinski definition) is 0. The molecule has 132 valence electrons. The number of fused-ring (bicyclic) bond motifs is 1. The Hall–Kier alpha value is -3.46. The van der Waals surface area contributed by atoms with Crippen LogP contribution in [0.1, 0.15) is 17.3 Å². The Labute approximate surface area is 158 Å². The van der Waals surface area contributed by atoms with E-state index in [1.165, 1.54) is 5.56 Å². The maximum absolute atomic E-state index is 12.4. The minimum Gasteiger partial charge on any atom is -0.462 e. The molecule has 0 aliphatic carbocycles. The number of benzene rings is 3. The second kappa shape index (κ2) is 7.42. The Bertz CT molecular complexity index is 1090. The van der Waals surface area contributed by atoms with Crippen LogP contribution in [0.5, 0.6) is 0 Å². The van der Waals surface area contributed by atoms with Crippen LogP contribution in [0.2, 0.25) is 0 Å². The Morgan fingerprint density at radius 1 is 0.815 bits per heavy atom. The third kappa shape index (κ3) is 3.44. The molecule has 0 N–H and O–H groups in total. The first-order valence-electron chi connectivity index (χ1n) is 8.99. The zero-order valence-electron chi connectivity index (χ0n) is 15.1. The van der Waals surface area contributed by atoms with Gasteiger partial charge in [0.15, 0.2) is 0 Å². The smallest absolute Gasteiger partial charge is 0.338 e. The van der Waals surface area contributed by atoms with E-state index in [0.29, 0.717) is 12.2 Å². The Kier molecular flexibility index (Phi) is 4.67. The number of esters is 1. The molecule has 0 spiro atoms. The van der Waals surface area contributed by atoms with E-state index in [1.807, 2.05) is 67.6 Å². The molecule has 0 fully saturated rings. The highest BCUT2D eigenvalue weighted by atomic mass is 16.5. The third-order valence-corrected chi connectivity index (χ3v) is 4.50. The summed E-state index contributed by atoms with van der Waals surface area (Å²) in [6.45, 7) is 2.15. The highest BCUT2D eigenvalue weighted by molar-refractivity contribution is 6.04. The van der Waals surface area contributed by atoms with Gasteiger partial charge in [0, 0.05) is 10.9 Å². The molecule has 3 aromatic carbocycles. The van der Waals surface area contributed by atoms with Gasteiger partial charge in [-0.3, -0.25) is 0 Å². The van der Waals surface area contributed by atoms with Crippen molar-refractivity contribution >= 4 is 16.9 Å². The highest BCUT2D eigenvalue weighted by Gasteiger charge is 2.14. The molecular formula is C24H19NO2. The molecule has 3 nitrogen and oxygen atoms in total. The molecule has 4 aromatic rings. The summed E-state index contributed by atoms with van der Waals surface area (Å²) in [6.07, 6.45) is 0. The van der Waals surface area contributed by atoms with Crippen molar-refractivity contribution in [3.63, 3.8) is 0 Å². The average molecular weight is 353 g/mol. The third-order valence-electron chi connectivity index (χ3n) is 4.50. The van der Waals surface area contributed by atoms with Crippen molar-refractivity contribution < 1.29 is 9.53 Å². The van der Waals surface area contributed by atoms with Crippen LogP contribution >= 0.6 is 0 Å². The quantitative estimate of drug-likeness (QED) is 0.439. The van der Waals surface area contributed by atoms with Crippen molar-refractivity contribution in [1.29, 1.82) is 0 Å². The number of carbonyl (C=O) groups excluding carboxylic acids is 1. The predicted molar refractivity (Wildman–Crippen MR) is 109 cm³/mol. The highest BCUT2D eigenvalue weighted by Crippen LogP contribution is 2.27. The summed E-state index contributed by atoms with van der Waals surface area (Å²) in [6, 6.07) is 27.9. The Balaban J connectivity index is 1.78. The maximum atomic E-state index is 12.4. The molecule has 0 bridgehead atoms. The fourth-order valence-corrected chi connectivity index (χ4v) is 3.17. The molecule has 3 heteroatoms. The lowest BCUT2D eigenvalue weighted by molar-refractivity contribution is 0.0528. The van der Waals surface area contributed by atoms with Crippen molar-refractivity contribution in [2.45, 2.75) is 6.92 Å². The van der Waals surface area contributed by atoms with E-state index in [1.54, 1.807) is 0 Å². The Morgan fingerprint density at radius 3 is 2.19 bits per heavy atom. The number of para-hydroxylation sites is 1. The number of ether oxygens (including phenoxy) is 1. The number of rotatable bonds is 4. The van der Waals surface area contributed by atoms with Crippen molar-refractivity contribution in [2.24, 2.45) is 0 Å². The molecular weight excluding hydrogens is 334 g/mol. The molecule has 0 atom stereocenters. The zero-order chi connectivity index (χ0) is 18.6. The largest absolute Gasteiger partial charge is 0.462 e. The van der Waals surface area contributed by atoms with Gasteiger partial charge in [-0.1, -0.05) is 72.8 Å². The van der Waals surface area contributed by atoms with Crippen LogP contribution in [-0.2, 0) is 4.74 Å². The van der Waals surface area contributed by atoms with E-state index in [0.717, 1.165) is 27.7 Å². The van der Waals surface area contributed by atoms with Crippen molar-refractivity contribution in [3.8, 4) is 22.4 Å². The minimum absolute atomic E-state index is 0.321. The van der Waals surface area contributed by atoms with Gasteiger partial charge in [0.2, 0.25) is 0 Å². The summed E-state index contributed by atoms with van der Waals surface area (Å²) in [5, 5.41) is 0.806. The maximum Gasteiger partial charge on any atom is 0.338 e. The number of aromatic nitrogens is 1. The first kappa shape index (κ1) is 17.0. The number of carbonyl (C=O) groups is 1. The lowest BCUT2D eigenvalue weighted by Gasteiger charge is -2.10. The number of hydrogen-bond acceptors (Lipinski definition) is 3. The molecule has 0 radical (unpaired) electrons. The summed E-state index contributed by atoms with van der Waals surface area (Å²) in [7, 11) is 0. The van der Waals surface area contributed by atoms with Crippen LogP contribution in [0.4, 0.5) is 0 Å². The van der Waals surface area contributed by atoms with E-state index in [4.69, 9.17) is 9.72 Å². The fraction of sp³-hybridized carbons (Fsp3) is 0.0833. The molecule has 0 aliphatic rings. The Morgan fingerprint density at radius 2 is 1.44 bits per heavy atom. The van der Waals surface area contributed by atoms with Gasteiger partial charge in [-0.2, -0.15) is 0 Å². The molecule has 0 amide bonds. The molecule has 0 aliphatic heterocycles. The van der Waals surface area contributed by atoms with Gasteiger partial charge in [-0.15, -0.1) is 0 Å².